The fourth-order valence-corrected chi connectivity index (χ4v) is 6.26. The number of H-pyrrole nitrogens is 1. The molecule has 2 N–H and O–H groups in total. The number of nitrogens with zero attached hydrogens (tertiary/aromatic N) is 3. The van der Waals surface area contributed by atoms with Crippen LogP contribution in [0.25, 0.3) is 11.3 Å². The van der Waals surface area contributed by atoms with E-state index in [0.717, 1.165) is 30.4 Å². The summed E-state index contributed by atoms with van der Waals surface area (Å²) in [6, 6.07) is 12.6. The summed E-state index contributed by atoms with van der Waals surface area (Å²) in [5, 5.41) is 2.66. The van der Waals surface area contributed by atoms with Crippen LogP contribution in [0.4, 0.5) is 9.59 Å². The quantitative estimate of drug-likeness (QED) is 0.318. The van der Waals surface area contributed by atoms with E-state index in [1.54, 1.807) is 16.0 Å². The van der Waals surface area contributed by atoms with Crippen molar-refractivity contribution in [3.05, 3.63) is 73.7 Å². The van der Waals surface area contributed by atoms with Crippen molar-refractivity contribution in [2.24, 2.45) is 5.92 Å². The normalized spacial score (nSPS) is 18.8. The topological polar surface area (TPSA) is 117 Å². The van der Waals surface area contributed by atoms with Crippen molar-refractivity contribution in [2.75, 3.05) is 13.7 Å². The van der Waals surface area contributed by atoms with Crippen molar-refractivity contribution in [3.8, 4) is 11.3 Å². The summed E-state index contributed by atoms with van der Waals surface area (Å²) < 4.78 is 12.8. The molecule has 0 saturated carbocycles. The second kappa shape index (κ2) is 12.4. The zero-order valence-corrected chi connectivity index (χ0v) is 26.6. The van der Waals surface area contributed by atoms with E-state index in [0.29, 0.717) is 25.3 Å². The first-order valence-electron chi connectivity index (χ1n) is 13.3. The Hall–Kier alpha value is -3.13. The lowest BCUT2D eigenvalue weighted by atomic mass is 10.0. The highest BCUT2D eigenvalue weighted by atomic mass is 127. The summed E-state index contributed by atoms with van der Waals surface area (Å²) in [5.41, 5.74) is 4.00. The van der Waals surface area contributed by atoms with Gasteiger partial charge < -0.3 is 24.7 Å². The maximum atomic E-state index is 13.9. The molecule has 3 aromatic rings. The maximum Gasteiger partial charge on any atom is 0.410 e. The third-order valence-electron chi connectivity index (χ3n) is 7.46. The van der Waals surface area contributed by atoms with Crippen molar-refractivity contribution in [3.63, 3.8) is 0 Å². The van der Waals surface area contributed by atoms with Crippen molar-refractivity contribution in [1.82, 2.24) is 25.1 Å². The Morgan fingerprint density at radius 1 is 1.15 bits per heavy atom. The summed E-state index contributed by atoms with van der Waals surface area (Å²) in [5.74, 6) is 0.0848. The average molecular weight is 736 g/mol. The number of aromatic amines is 1. The van der Waals surface area contributed by atoms with Gasteiger partial charge in [-0.05, 0) is 63.4 Å². The second-order valence-electron chi connectivity index (χ2n) is 10.5. The Kier molecular flexibility index (Phi) is 8.88. The Balaban J connectivity index is 1.37. The highest BCUT2D eigenvalue weighted by Gasteiger charge is 2.43. The molecule has 216 valence electrons. The van der Waals surface area contributed by atoms with Crippen LogP contribution in [0, 0.1) is 9.49 Å². The molecule has 12 heteroatoms. The van der Waals surface area contributed by atoms with Crippen molar-refractivity contribution in [2.45, 2.75) is 51.5 Å². The zero-order chi connectivity index (χ0) is 29.3. The number of amides is 3. The first-order chi connectivity index (χ1) is 19.6. The summed E-state index contributed by atoms with van der Waals surface area (Å²) in [6.45, 7) is 4.85. The number of nitrogens with one attached hydrogen (secondary N) is 2. The lowest BCUT2D eigenvalue weighted by molar-refractivity contribution is -0.135. The van der Waals surface area contributed by atoms with Crippen LogP contribution in [0.15, 0.2) is 53.1 Å². The number of fused-ring (bicyclic) bond motifs is 1. The van der Waals surface area contributed by atoms with Crippen molar-refractivity contribution >= 4 is 56.6 Å². The van der Waals surface area contributed by atoms with Gasteiger partial charge in [-0.1, -0.05) is 54.0 Å². The second-order valence-corrected chi connectivity index (χ2v) is 12.6. The molecule has 0 radical (unpaired) electrons. The number of hydrogen-bond donors (Lipinski definition) is 2. The molecule has 3 atom stereocenters. The molecule has 2 aromatic carbocycles. The van der Waals surface area contributed by atoms with Gasteiger partial charge in [-0.3, -0.25) is 9.69 Å². The highest BCUT2D eigenvalue weighted by molar-refractivity contribution is 14.1. The zero-order valence-electron chi connectivity index (χ0n) is 22.9. The number of ether oxygens (including phenoxy) is 2. The molecular formula is C29H31BrIN5O5. The van der Waals surface area contributed by atoms with Crippen molar-refractivity contribution < 1.29 is 23.9 Å². The summed E-state index contributed by atoms with van der Waals surface area (Å²) >= 11 is 5.74. The molecule has 3 heterocycles. The Morgan fingerprint density at radius 3 is 2.59 bits per heavy atom. The van der Waals surface area contributed by atoms with Crippen LogP contribution in [0.5, 0.6) is 0 Å². The van der Waals surface area contributed by atoms with Gasteiger partial charge >= 0.3 is 12.2 Å². The number of hydrogen-bond acceptors (Lipinski definition) is 6. The Bertz CT molecular complexity index is 1450. The van der Waals surface area contributed by atoms with Gasteiger partial charge in [0.1, 0.15) is 18.0 Å². The van der Waals surface area contributed by atoms with E-state index in [2.05, 4.69) is 53.8 Å². The third kappa shape index (κ3) is 6.37. The van der Waals surface area contributed by atoms with Crippen LogP contribution in [0.1, 0.15) is 43.3 Å². The minimum atomic E-state index is -0.824. The predicted molar refractivity (Wildman–Crippen MR) is 164 cm³/mol. The molecule has 1 saturated heterocycles. The predicted octanol–water partition coefficient (Wildman–Crippen LogP) is 5.62. The molecule has 5 rings (SSSR count). The number of halogens is 2. The van der Waals surface area contributed by atoms with E-state index in [4.69, 9.17) is 9.47 Å². The minimum absolute atomic E-state index is 0.175. The smallest absolute Gasteiger partial charge is 0.410 e. The number of benzene rings is 2. The summed E-state index contributed by atoms with van der Waals surface area (Å²) in [7, 11) is 1.26. The standard InChI is InChI=1S/C29H31BrIN5O5/c1-16(2)25(34-28(38)40-3)27(37)36-14-20(41-29(39)35-13-18-5-4-6-22(31)21(18)15-35)11-24(36)26-32-12-23(33-26)17-7-9-19(30)10-8-17/h4-10,12,16,20,24-25H,11,13-15H2,1-3H3,(H,32,33)(H,34,38)/t20-,24+,25+/m1/s1. The van der Waals surface area contributed by atoms with Crippen LogP contribution in [-0.2, 0) is 27.4 Å². The van der Waals surface area contributed by atoms with Gasteiger partial charge in [-0.2, -0.15) is 0 Å². The number of methoxy groups -OCH3 is 1. The molecule has 1 fully saturated rings. The molecule has 0 bridgehead atoms. The first kappa shape index (κ1) is 29.4. The van der Waals surface area contributed by atoms with Gasteiger partial charge in [0.2, 0.25) is 5.91 Å². The first-order valence-corrected chi connectivity index (χ1v) is 15.2. The third-order valence-corrected chi connectivity index (χ3v) is 8.99. The lowest BCUT2D eigenvalue weighted by Crippen LogP contribution is -2.51. The molecule has 10 nitrogen and oxygen atoms in total. The fourth-order valence-electron chi connectivity index (χ4n) is 5.27. The molecule has 1 aromatic heterocycles. The van der Waals surface area contributed by atoms with Crippen molar-refractivity contribution in [1.29, 1.82) is 0 Å². The number of likely N-dealkylation sites (tertiary alicyclic amines) is 1. The van der Waals surface area contributed by atoms with E-state index in [1.807, 2.05) is 56.3 Å². The van der Waals surface area contributed by atoms with E-state index in [-0.39, 0.29) is 18.4 Å². The van der Waals surface area contributed by atoms with Gasteiger partial charge in [-0.25, -0.2) is 14.6 Å². The molecule has 41 heavy (non-hydrogen) atoms. The molecular weight excluding hydrogens is 705 g/mol. The SMILES string of the molecule is COC(=O)N[C@H](C(=O)N1C[C@H](OC(=O)N2Cc3cccc(I)c3C2)C[C@H]1c1ncc(-c2ccc(Br)cc2)[nH]1)C(C)C. The molecule has 0 unspecified atom stereocenters. The number of carbonyl (C=O) groups excluding carboxylic acids is 3. The monoisotopic (exact) mass is 735 g/mol. The molecule has 2 aliphatic rings. The Morgan fingerprint density at radius 2 is 1.90 bits per heavy atom. The Labute approximate surface area is 260 Å². The van der Waals surface area contributed by atoms with Gasteiger partial charge in [0.25, 0.3) is 0 Å². The summed E-state index contributed by atoms with van der Waals surface area (Å²) in [4.78, 5) is 50.5. The van der Waals surface area contributed by atoms with E-state index in [9.17, 15) is 14.4 Å². The van der Waals surface area contributed by atoms with Crippen LogP contribution in [0.3, 0.4) is 0 Å². The number of alkyl carbamates (subject to hydrolysis) is 1. The molecule has 2 aliphatic heterocycles. The molecule has 0 aliphatic carbocycles. The van der Waals surface area contributed by atoms with Crippen LogP contribution >= 0.6 is 38.5 Å². The molecule has 3 amide bonds. The number of aromatic nitrogens is 2. The number of carbonyl (C=O) groups is 3. The van der Waals surface area contributed by atoms with Gasteiger partial charge in [0.05, 0.1) is 38.1 Å². The average Bonchev–Trinajstić information content (AvgIpc) is 3.70. The minimum Gasteiger partial charge on any atom is -0.453 e. The molecule has 0 spiro atoms. The maximum absolute atomic E-state index is 13.9. The number of imidazole rings is 1. The largest absolute Gasteiger partial charge is 0.453 e. The lowest BCUT2D eigenvalue weighted by Gasteiger charge is -2.29. The van der Waals surface area contributed by atoms with Gasteiger partial charge in [0.15, 0.2) is 0 Å². The van der Waals surface area contributed by atoms with Gasteiger partial charge in [0, 0.05) is 21.0 Å². The fraction of sp³-hybridized carbons (Fsp3) is 0.379. The highest BCUT2D eigenvalue weighted by Crippen LogP contribution is 2.35. The van der Waals surface area contributed by atoms with E-state index >= 15 is 0 Å². The van der Waals surface area contributed by atoms with Crippen LogP contribution in [-0.4, -0.2) is 63.7 Å². The van der Waals surface area contributed by atoms with Crippen LogP contribution in [0.2, 0.25) is 0 Å². The summed E-state index contributed by atoms with van der Waals surface area (Å²) in [6.07, 6.45) is 0.446. The van der Waals surface area contributed by atoms with E-state index in [1.165, 1.54) is 7.11 Å². The van der Waals surface area contributed by atoms with Gasteiger partial charge in [-0.15, -0.1) is 0 Å². The van der Waals surface area contributed by atoms with E-state index < -0.39 is 30.4 Å². The number of rotatable bonds is 6. The van der Waals surface area contributed by atoms with Crippen LogP contribution < -0.4 is 5.32 Å².